The Balaban J connectivity index is 1.54. The maximum absolute atomic E-state index is 13.7. The van der Waals surface area contributed by atoms with Gasteiger partial charge in [0.05, 0.1) is 29.4 Å². The first-order valence-corrected chi connectivity index (χ1v) is 16.3. The van der Waals surface area contributed by atoms with Crippen LogP contribution < -0.4 is 4.90 Å². The van der Waals surface area contributed by atoms with Gasteiger partial charge in [0.1, 0.15) is 17.5 Å². The molecule has 1 unspecified atom stereocenters. The van der Waals surface area contributed by atoms with Gasteiger partial charge in [0.2, 0.25) is 0 Å². The van der Waals surface area contributed by atoms with Gasteiger partial charge < -0.3 is 14.4 Å². The van der Waals surface area contributed by atoms with Crippen molar-refractivity contribution in [2.24, 2.45) is 0 Å². The second kappa shape index (κ2) is 13.6. The number of carbonyl (C=O) groups is 2. The molecule has 1 amide bonds. The lowest BCUT2D eigenvalue weighted by Gasteiger charge is -2.36. The Bertz CT molecular complexity index is 1640. The van der Waals surface area contributed by atoms with E-state index in [1.807, 2.05) is 6.92 Å². The second-order valence-corrected chi connectivity index (χ2v) is 13.5. The first-order chi connectivity index (χ1) is 22.9. The van der Waals surface area contributed by atoms with E-state index >= 15 is 0 Å². The van der Waals surface area contributed by atoms with Gasteiger partial charge in [-0.05, 0) is 89.4 Å². The normalized spacial score (nSPS) is 19.2. The smallest absolute Gasteiger partial charge is 0.418 e. The SMILES string of the molecule is CCN(c1ncc(-c2cccn2C(=O)OC(C)(C)C)cc1CN1C(=O)OC(c2cc(C(F)(F)F)cc(C(F)(F)F)c2)[C@@H]1C)C1CCCCC1. The van der Waals surface area contributed by atoms with E-state index in [0.717, 1.165) is 32.1 Å². The first kappa shape index (κ1) is 36.1. The van der Waals surface area contributed by atoms with Crippen molar-refractivity contribution in [1.29, 1.82) is 0 Å². The third-order valence-electron chi connectivity index (χ3n) is 8.88. The fourth-order valence-electron chi connectivity index (χ4n) is 6.56. The maximum Gasteiger partial charge on any atom is 0.418 e. The third kappa shape index (κ3) is 7.99. The van der Waals surface area contributed by atoms with Crippen LogP contribution in [0.15, 0.2) is 48.8 Å². The number of nitrogens with zero attached hydrogens (tertiary/aromatic N) is 4. The molecular formula is C35H40F6N4O4. The van der Waals surface area contributed by atoms with Crippen LogP contribution in [0.1, 0.15) is 95.1 Å². The molecule has 14 heteroatoms. The van der Waals surface area contributed by atoms with E-state index in [0.29, 0.717) is 41.3 Å². The fourth-order valence-corrected chi connectivity index (χ4v) is 6.56. The molecule has 1 aliphatic carbocycles. The van der Waals surface area contributed by atoms with Crippen molar-refractivity contribution in [3.63, 3.8) is 0 Å². The number of benzene rings is 1. The molecule has 0 spiro atoms. The van der Waals surface area contributed by atoms with E-state index in [4.69, 9.17) is 14.5 Å². The van der Waals surface area contributed by atoms with E-state index in [1.54, 1.807) is 51.4 Å². The fraction of sp³-hybridized carbons (Fsp3) is 0.514. The lowest BCUT2D eigenvalue weighted by Crippen LogP contribution is -2.39. The summed E-state index contributed by atoms with van der Waals surface area (Å²) in [5.74, 6) is 0.593. The van der Waals surface area contributed by atoms with Crippen LogP contribution in [0.2, 0.25) is 0 Å². The molecule has 2 aliphatic rings. The summed E-state index contributed by atoms with van der Waals surface area (Å²) in [5, 5.41) is 0. The molecule has 0 bridgehead atoms. The van der Waals surface area contributed by atoms with E-state index in [9.17, 15) is 35.9 Å². The molecule has 5 rings (SSSR count). The highest BCUT2D eigenvalue weighted by Gasteiger charge is 2.44. The molecule has 3 aromatic rings. The Labute approximate surface area is 281 Å². The Morgan fingerprint density at radius 2 is 1.63 bits per heavy atom. The number of hydrogen-bond donors (Lipinski definition) is 0. The highest BCUT2D eigenvalue weighted by Crippen LogP contribution is 2.42. The molecule has 49 heavy (non-hydrogen) atoms. The van der Waals surface area contributed by atoms with E-state index in [1.165, 1.54) is 16.4 Å². The monoisotopic (exact) mass is 694 g/mol. The first-order valence-electron chi connectivity index (χ1n) is 16.3. The molecule has 0 radical (unpaired) electrons. The van der Waals surface area contributed by atoms with Crippen molar-refractivity contribution in [3.05, 3.63) is 71.0 Å². The minimum atomic E-state index is -5.05. The number of carbonyl (C=O) groups excluding carboxylic acids is 2. The van der Waals surface area contributed by atoms with Crippen molar-refractivity contribution >= 4 is 18.0 Å². The van der Waals surface area contributed by atoms with Crippen LogP contribution in [0.4, 0.5) is 41.7 Å². The van der Waals surface area contributed by atoms with Crippen molar-refractivity contribution in [2.75, 3.05) is 11.4 Å². The average molecular weight is 695 g/mol. The topological polar surface area (TPSA) is 76.9 Å². The summed E-state index contributed by atoms with van der Waals surface area (Å²) in [5.41, 5.74) is -2.55. The standard InChI is InChI=1S/C35H40F6N4O4/c1-6-43(27-11-8-7-9-12-27)30-24(15-23(19-42-30)28-13-10-14-44(28)32(47)49-33(3,4)5)20-45-21(2)29(48-31(45)46)22-16-25(34(36,37)38)18-26(17-22)35(39,40)41/h10,13-19,21,27,29H,6-9,11-12,20H2,1-5H3/t21-,29?/m0/s1. The highest BCUT2D eigenvalue weighted by molar-refractivity contribution is 5.79. The predicted molar refractivity (Wildman–Crippen MR) is 170 cm³/mol. The molecule has 2 fully saturated rings. The number of hydrogen-bond acceptors (Lipinski definition) is 6. The highest BCUT2D eigenvalue weighted by atomic mass is 19.4. The lowest BCUT2D eigenvalue weighted by atomic mass is 9.93. The van der Waals surface area contributed by atoms with Gasteiger partial charge in [-0.15, -0.1) is 0 Å². The van der Waals surface area contributed by atoms with Gasteiger partial charge in [0.15, 0.2) is 0 Å². The van der Waals surface area contributed by atoms with Crippen LogP contribution in [0.5, 0.6) is 0 Å². The van der Waals surface area contributed by atoms with Gasteiger partial charge in [-0.25, -0.2) is 14.6 Å². The summed E-state index contributed by atoms with van der Waals surface area (Å²) in [4.78, 5) is 34.7. The molecule has 266 valence electrons. The summed E-state index contributed by atoms with van der Waals surface area (Å²) in [6.07, 6.45) is -4.70. The Morgan fingerprint density at radius 1 is 1.00 bits per heavy atom. The van der Waals surface area contributed by atoms with Gasteiger partial charge in [-0.1, -0.05) is 19.3 Å². The lowest BCUT2D eigenvalue weighted by molar-refractivity contribution is -0.143. The molecule has 1 saturated carbocycles. The Hall–Kier alpha value is -4.23. The molecule has 0 N–H and O–H groups in total. The molecular weight excluding hydrogens is 654 g/mol. The number of pyridine rings is 1. The molecule has 8 nitrogen and oxygen atoms in total. The Morgan fingerprint density at radius 3 is 2.20 bits per heavy atom. The van der Waals surface area contributed by atoms with Gasteiger partial charge in [0.25, 0.3) is 0 Å². The van der Waals surface area contributed by atoms with E-state index in [2.05, 4.69) is 4.90 Å². The van der Waals surface area contributed by atoms with E-state index < -0.39 is 59.0 Å². The molecule has 2 aromatic heterocycles. The number of halogens is 6. The molecule has 1 aliphatic heterocycles. The number of anilines is 1. The number of amides is 1. The summed E-state index contributed by atoms with van der Waals surface area (Å²) in [7, 11) is 0. The number of ether oxygens (including phenoxy) is 2. The number of rotatable bonds is 7. The molecule has 1 aromatic carbocycles. The van der Waals surface area contributed by atoms with Crippen molar-refractivity contribution < 1.29 is 45.4 Å². The largest absolute Gasteiger partial charge is 0.443 e. The van der Waals surface area contributed by atoms with Crippen molar-refractivity contribution in [1.82, 2.24) is 14.5 Å². The number of alkyl halides is 6. The maximum atomic E-state index is 13.7. The van der Waals surface area contributed by atoms with Crippen LogP contribution in [-0.2, 0) is 28.4 Å². The van der Waals surface area contributed by atoms with Gasteiger partial charge in [0, 0.05) is 36.1 Å². The van der Waals surface area contributed by atoms with Crippen LogP contribution in [-0.4, -0.2) is 50.9 Å². The molecule has 3 heterocycles. The minimum Gasteiger partial charge on any atom is -0.443 e. The molecule has 1 saturated heterocycles. The average Bonchev–Trinajstić information content (AvgIpc) is 3.62. The zero-order valence-electron chi connectivity index (χ0n) is 28.0. The number of aromatic nitrogens is 2. The molecule has 2 atom stereocenters. The van der Waals surface area contributed by atoms with E-state index in [-0.39, 0.29) is 18.7 Å². The summed E-state index contributed by atoms with van der Waals surface area (Å²) >= 11 is 0. The summed E-state index contributed by atoms with van der Waals surface area (Å²) in [6, 6.07) is 5.67. The van der Waals surface area contributed by atoms with Gasteiger partial charge >= 0.3 is 24.5 Å². The van der Waals surface area contributed by atoms with Crippen molar-refractivity contribution in [2.45, 2.75) is 109 Å². The number of cyclic esters (lactones) is 1. The van der Waals surface area contributed by atoms with Gasteiger partial charge in [-0.3, -0.25) is 9.47 Å². The third-order valence-corrected chi connectivity index (χ3v) is 8.88. The van der Waals surface area contributed by atoms with Crippen molar-refractivity contribution in [3.8, 4) is 11.3 Å². The van der Waals surface area contributed by atoms with Crippen LogP contribution in [0.25, 0.3) is 11.3 Å². The predicted octanol–water partition coefficient (Wildman–Crippen LogP) is 9.61. The summed E-state index contributed by atoms with van der Waals surface area (Å²) in [6.45, 7) is 9.27. The van der Waals surface area contributed by atoms with Crippen LogP contribution >= 0.6 is 0 Å². The summed E-state index contributed by atoms with van der Waals surface area (Å²) < 4.78 is 94.3. The minimum absolute atomic E-state index is 0.0455. The van der Waals surface area contributed by atoms with Crippen LogP contribution in [0.3, 0.4) is 0 Å². The zero-order chi connectivity index (χ0) is 35.9. The quantitative estimate of drug-likeness (QED) is 0.229. The zero-order valence-corrected chi connectivity index (χ0v) is 28.0. The Kier molecular flexibility index (Phi) is 10.00. The van der Waals surface area contributed by atoms with Crippen LogP contribution in [0, 0.1) is 0 Å². The van der Waals surface area contributed by atoms with Gasteiger partial charge in [-0.2, -0.15) is 26.3 Å². The second-order valence-electron chi connectivity index (χ2n) is 13.5.